The minimum absolute atomic E-state index is 0.185. The summed E-state index contributed by atoms with van der Waals surface area (Å²) in [6, 6.07) is -0.639. The summed E-state index contributed by atoms with van der Waals surface area (Å²) in [5.41, 5.74) is 0. The molecule has 0 aromatic carbocycles. The third kappa shape index (κ3) is 2.92. The van der Waals surface area contributed by atoms with E-state index in [9.17, 15) is 18.0 Å². The molecule has 1 saturated heterocycles. The molecule has 2 rings (SSSR count). The quantitative estimate of drug-likeness (QED) is 0.470. The number of carbonyl (C=O) groups excluding carboxylic acids is 2. The number of nitrogens with zero attached hydrogens (tertiary/aromatic N) is 1. The fourth-order valence-electron chi connectivity index (χ4n) is 2.02. The number of rotatable bonds is 3. The van der Waals surface area contributed by atoms with E-state index in [2.05, 4.69) is 5.32 Å². The molecule has 0 bridgehead atoms. The monoisotopic (exact) mass is 278 g/mol. The van der Waals surface area contributed by atoms with E-state index in [1.54, 1.807) is 0 Å². The van der Waals surface area contributed by atoms with Gasteiger partial charge in [0.1, 0.15) is 6.54 Å². The lowest BCUT2D eigenvalue weighted by Gasteiger charge is -2.22. The zero-order valence-corrected chi connectivity index (χ0v) is 10.8. The summed E-state index contributed by atoms with van der Waals surface area (Å²) in [4.78, 5) is 22.2. The molecular weight excluding hydrogens is 264 g/mol. The molecule has 96 valence electrons. The maximum Gasteiger partial charge on any atom is 0.335 e. The molecule has 1 heterocycles. The molecule has 0 aromatic heterocycles. The SMILES string of the molecule is O=C1CN(SS(=O)(=O)C2CCCCC2)C(=O)N1. The van der Waals surface area contributed by atoms with Gasteiger partial charge in [-0.1, -0.05) is 19.3 Å². The van der Waals surface area contributed by atoms with E-state index >= 15 is 0 Å². The van der Waals surface area contributed by atoms with Crippen molar-refractivity contribution in [3.05, 3.63) is 0 Å². The van der Waals surface area contributed by atoms with E-state index in [1.807, 2.05) is 0 Å². The van der Waals surface area contributed by atoms with Crippen LogP contribution in [0.5, 0.6) is 0 Å². The van der Waals surface area contributed by atoms with Crippen molar-refractivity contribution in [3.63, 3.8) is 0 Å². The standard InChI is InChI=1S/C9H14N2O4S2/c12-8-6-11(9(13)10-8)16-17(14,15)7-4-2-1-3-5-7/h7H,1-6H2,(H,10,12,13). The summed E-state index contributed by atoms with van der Waals surface area (Å²) in [7, 11) is -2.89. The lowest BCUT2D eigenvalue weighted by atomic mass is 10.0. The molecule has 0 atom stereocenters. The van der Waals surface area contributed by atoms with Crippen LogP contribution in [0.15, 0.2) is 0 Å². The second-order valence-electron chi connectivity index (χ2n) is 4.22. The molecule has 6 nitrogen and oxygen atoms in total. The molecule has 1 aliphatic carbocycles. The smallest absolute Gasteiger partial charge is 0.276 e. The Bertz CT molecular complexity index is 428. The topological polar surface area (TPSA) is 83.6 Å². The van der Waals surface area contributed by atoms with Crippen LogP contribution in [0.1, 0.15) is 32.1 Å². The predicted octanol–water partition coefficient (Wildman–Crippen LogP) is 0.849. The summed E-state index contributed by atoms with van der Waals surface area (Å²) in [5, 5.41) is 1.67. The van der Waals surface area contributed by atoms with E-state index in [1.165, 1.54) is 0 Å². The van der Waals surface area contributed by atoms with E-state index in [0.717, 1.165) is 23.6 Å². The number of hydrogen-bond donors (Lipinski definition) is 1. The maximum absolute atomic E-state index is 12.0. The number of urea groups is 1. The van der Waals surface area contributed by atoms with Crippen LogP contribution >= 0.6 is 11.0 Å². The van der Waals surface area contributed by atoms with Gasteiger partial charge in [-0.3, -0.25) is 10.1 Å². The fraction of sp³-hybridized carbons (Fsp3) is 0.778. The van der Waals surface area contributed by atoms with Gasteiger partial charge in [0.25, 0.3) is 0 Å². The molecule has 3 amide bonds. The Morgan fingerprint density at radius 3 is 2.35 bits per heavy atom. The van der Waals surface area contributed by atoms with Crippen LogP contribution in [-0.4, -0.2) is 36.5 Å². The van der Waals surface area contributed by atoms with Crippen molar-refractivity contribution < 1.29 is 18.0 Å². The van der Waals surface area contributed by atoms with Crippen LogP contribution in [0, 0.1) is 0 Å². The lowest BCUT2D eigenvalue weighted by molar-refractivity contribution is -0.118. The zero-order valence-electron chi connectivity index (χ0n) is 9.22. The van der Waals surface area contributed by atoms with Gasteiger partial charge in [0, 0.05) is 0 Å². The highest BCUT2D eigenvalue weighted by Gasteiger charge is 2.36. The molecule has 8 heteroatoms. The summed E-state index contributed by atoms with van der Waals surface area (Å²) >= 11 is 0. The first-order valence-corrected chi connectivity index (χ1v) is 8.37. The second kappa shape index (κ2) is 4.85. The highest BCUT2D eigenvalue weighted by molar-refractivity contribution is 8.71. The largest absolute Gasteiger partial charge is 0.335 e. The van der Waals surface area contributed by atoms with Gasteiger partial charge in [-0.05, 0) is 12.8 Å². The molecule has 0 spiro atoms. The minimum atomic E-state index is -3.39. The molecule has 1 N–H and O–H groups in total. The second-order valence-corrected chi connectivity index (χ2v) is 8.30. The van der Waals surface area contributed by atoms with Crippen molar-refractivity contribution in [2.24, 2.45) is 0 Å². The van der Waals surface area contributed by atoms with Crippen LogP contribution < -0.4 is 5.32 Å². The first kappa shape index (κ1) is 12.7. The Kier molecular flexibility index (Phi) is 3.62. The zero-order chi connectivity index (χ0) is 12.5. The van der Waals surface area contributed by atoms with Crippen LogP contribution in [-0.2, 0) is 13.7 Å². The predicted molar refractivity (Wildman–Crippen MR) is 63.6 cm³/mol. The number of nitrogens with one attached hydrogen (secondary N) is 1. The van der Waals surface area contributed by atoms with Crippen molar-refractivity contribution in [1.29, 1.82) is 0 Å². The van der Waals surface area contributed by atoms with Crippen LogP contribution in [0.4, 0.5) is 4.79 Å². The van der Waals surface area contributed by atoms with Gasteiger partial charge < -0.3 is 0 Å². The molecular formula is C9H14N2O4S2. The highest BCUT2D eigenvalue weighted by Crippen LogP contribution is 2.32. The van der Waals surface area contributed by atoms with Crippen LogP contribution in [0.25, 0.3) is 0 Å². The Morgan fingerprint density at radius 2 is 1.82 bits per heavy atom. The molecule has 2 fully saturated rings. The fourth-order valence-corrected chi connectivity index (χ4v) is 5.65. The Hall–Kier alpha value is -0.760. The van der Waals surface area contributed by atoms with Crippen molar-refractivity contribution in [3.8, 4) is 0 Å². The lowest BCUT2D eigenvalue weighted by Crippen LogP contribution is -2.28. The normalized spacial score (nSPS) is 22.9. The summed E-state index contributed by atoms with van der Waals surface area (Å²) < 4.78 is 25.0. The molecule has 0 unspecified atom stereocenters. The van der Waals surface area contributed by atoms with Gasteiger partial charge in [-0.15, -0.1) is 0 Å². The summed E-state index contributed by atoms with van der Waals surface area (Å²) in [6.07, 6.45) is 4.20. The Balaban J connectivity index is 2.01. The van der Waals surface area contributed by atoms with Crippen LogP contribution in [0.2, 0.25) is 0 Å². The van der Waals surface area contributed by atoms with Gasteiger partial charge in [0.05, 0.1) is 16.2 Å². The minimum Gasteiger partial charge on any atom is -0.276 e. The van der Waals surface area contributed by atoms with E-state index in [-0.39, 0.29) is 11.8 Å². The van der Waals surface area contributed by atoms with Crippen molar-refractivity contribution in [2.75, 3.05) is 6.54 Å². The average molecular weight is 278 g/mol. The first-order chi connectivity index (χ1) is 7.99. The van der Waals surface area contributed by atoms with Crippen LogP contribution in [0.3, 0.4) is 0 Å². The maximum atomic E-state index is 12.0. The molecule has 17 heavy (non-hydrogen) atoms. The number of carbonyl (C=O) groups is 2. The van der Waals surface area contributed by atoms with E-state index in [4.69, 9.17) is 0 Å². The molecule has 0 aromatic rings. The van der Waals surface area contributed by atoms with Gasteiger partial charge >= 0.3 is 6.03 Å². The van der Waals surface area contributed by atoms with Gasteiger partial charge in [0.15, 0.2) is 0 Å². The van der Waals surface area contributed by atoms with Crippen molar-refractivity contribution >= 4 is 31.8 Å². The van der Waals surface area contributed by atoms with E-state index < -0.39 is 20.8 Å². The van der Waals surface area contributed by atoms with Crippen molar-refractivity contribution in [1.82, 2.24) is 9.62 Å². The number of amides is 3. The molecule has 1 aliphatic heterocycles. The van der Waals surface area contributed by atoms with Gasteiger partial charge in [-0.2, -0.15) is 0 Å². The van der Waals surface area contributed by atoms with Gasteiger partial charge in [0.2, 0.25) is 14.8 Å². The third-order valence-corrected chi connectivity index (χ3v) is 6.86. The summed E-state index contributed by atoms with van der Waals surface area (Å²) in [6.45, 7) is -0.185. The molecule has 2 aliphatic rings. The number of imide groups is 1. The highest BCUT2D eigenvalue weighted by atomic mass is 33.1. The Labute approximate surface area is 104 Å². The Morgan fingerprint density at radius 1 is 1.18 bits per heavy atom. The third-order valence-electron chi connectivity index (χ3n) is 2.91. The molecule has 1 saturated carbocycles. The van der Waals surface area contributed by atoms with E-state index in [0.29, 0.717) is 23.8 Å². The van der Waals surface area contributed by atoms with Gasteiger partial charge in [-0.25, -0.2) is 17.5 Å². The molecule has 0 radical (unpaired) electrons. The number of hydrogen-bond acceptors (Lipinski definition) is 5. The average Bonchev–Trinajstić information content (AvgIpc) is 2.58. The summed E-state index contributed by atoms with van der Waals surface area (Å²) in [5.74, 6) is -0.457. The van der Waals surface area contributed by atoms with Crippen molar-refractivity contribution in [2.45, 2.75) is 37.4 Å². The first-order valence-electron chi connectivity index (χ1n) is 5.54.